The highest BCUT2D eigenvalue weighted by Crippen LogP contribution is 2.29. The Morgan fingerprint density at radius 1 is 0.838 bits per heavy atom. The van der Waals surface area contributed by atoms with Crippen molar-refractivity contribution in [2.45, 2.75) is 6.92 Å². The molecule has 2 N–H and O–H groups in total. The molecule has 8 nitrogen and oxygen atoms in total. The molecule has 3 aromatic carbocycles. The second-order valence-electron chi connectivity index (χ2n) is 8.65. The fourth-order valence-corrected chi connectivity index (χ4v) is 4.39. The van der Waals surface area contributed by atoms with Gasteiger partial charge in [0, 0.05) is 37.3 Å². The number of hydrogen-bond donors (Lipinski definition) is 2. The Bertz CT molecular complexity index is 1320. The van der Waals surface area contributed by atoms with Crippen molar-refractivity contribution in [2.24, 2.45) is 0 Å². The Balaban J connectivity index is 1.49. The van der Waals surface area contributed by atoms with Gasteiger partial charge < -0.3 is 19.9 Å². The lowest BCUT2D eigenvalue weighted by Gasteiger charge is -2.37. The highest BCUT2D eigenvalue weighted by molar-refractivity contribution is 7.80. The van der Waals surface area contributed by atoms with Crippen molar-refractivity contribution < 1.29 is 19.1 Å². The molecular formula is C28H28N4O4S. The highest BCUT2D eigenvalue weighted by atomic mass is 32.1. The molecule has 0 unspecified atom stereocenters. The van der Waals surface area contributed by atoms with Crippen LogP contribution in [0.1, 0.15) is 36.6 Å². The molecule has 0 aromatic heterocycles. The molecule has 1 saturated heterocycles. The lowest BCUT2D eigenvalue weighted by molar-refractivity contribution is 0.0600. The summed E-state index contributed by atoms with van der Waals surface area (Å²) in [6.45, 7) is 4.17. The van der Waals surface area contributed by atoms with E-state index < -0.39 is 5.97 Å². The van der Waals surface area contributed by atoms with E-state index >= 15 is 0 Å². The number of anilines is 2. The number of carbonyl (C=O) groups excluding carboxylic acids is 3. The number of thiocarbonyl (C=S) groups is 1. The van der Waals surface area contributed by atoms with Crippen LogP contribution in [0.4, 0.5) is 11.4 Å². The number of rotatable bonds is 5. The smallest absolute Gasteiger partial charge is 0.337 e. The summed E-state index contributed by atoms with van der Waals surface area (Å²) < 4.78 is 4.87. The first kappa shape index (κ1) is 25.8. The minimum atomic E-state index is -0.484. The van der Waals surface area contributed by atoms with Crippen LogP contribution in [0, 0.1) is 6.92 Å². The molecule has 0 spiro atoms. The Labute approximate surface area is 221 Å². The molecular weight excluding hydrogens is 488 g/mol. The molecule has 4 rings (SSSR count). The summed E-state index contributed by atoms with van der Waals surface area (Å²) in [6, 6.07) is 21.6. The largest absolute Gasteiger partial charge is 0.465 e. The van der Waals surface area contributed by atoms with Gasteiger partial charge in [-0.1, -0.05) is 35.9 Å². The van der Waals surface area contributed by atoms with Gasteiger partial charge in [0.2, 0.25) is 0 Å². The van der Waals surface area contributed by atoms with Gasteiger partial charge in [0.05, 0.1) is 24.0 Å². The Kier molecular flexibility index (Phi) is 8.15. The number of carbonyl (C=O) groups is 3. The van der Waals surface area contributed by atoms with Gasteiger partial charge in [-0.2, -0.15) is 0 Å². The monoisotopic (exact) mass is 516 g/mol. The normalized spacial score (nSPS) is 13.0. The Morgan fingerprint density at radius 3 is 2.22 bits per heavy atom. The molecule has 1 fully saturated rings. The number of benzene rings is 3. The molecule has 37 heavy (non-hydrogen) atoms. The molecule has 190 valence electrons. The van der Waals surface area contributed by atoms with E-state index in [9.17, 15) is 14.4 Å². The van der Waals surface area contributed by atoms with Crippen LogP contribution >= 0.6 is 12.2 Å². The van der Waals surface area contributed by atoms with E-state index in [2.05, 4.69) is 15.5 Å². The maximum absolute atomic E-state index is 12.8. The zero-order valence-corrected chi connectivity index (χ0v) is 21.5. The van der Waals surface area contributed by atoms with Crippen LogP contribution in [0.2, 0.25) is 0 Å². The van der Waals surface area contributed by atoms with Gasteiger partial charge >= 0.3 is 5.97 Å². The molecule has 9 heteroatoms. The summed E-state index contributed by atoms with van der Waals surface area (Å²) in [5.74, 6) is -0.817. The third kappa shape index (κ3) is 6.31. The van der Waals surface area contributed by atoms with E-state index in [0.29, 0.717) is 48.6 Å². The van der Waals surface area contributed by atoms with Gasteiger partial charge in [-0.25, -0.2) is 4.79 Å². The van der Waals surface area contributed by atoms with E-state index in [-0.39, 0.29) is 16.9 Å². The maximum atomic E-state index is 12.8. The fourth-order valence-electron chi connectivity index (χ4n) is 4.19. The first-order valence-electron chi connectivity index (χ1n) is 11.9. The topological polar surface area (TPSA) is 91.0 Å². The van der Waals surface area contributed by atoms with Crippen molar-refractivity contribution in [2.75, 3.05) is 43.5 Å². The first-order valence-corrected chi connectivity index (χ1v) is 12.3. The van der Waals surface area contributed by atoms with E-state index in [0.717, 1.165) is 11.3 Å². The summed E-state index contributed by atoms with van der Waals surface area (Å²) >= 11 is 5.42. The van der Waals surface area contributed by atoms with Crippen LogP contribution in [0.5, 0.6) is 0 Å². The Morgan fingerprint density at radius 2 is 1.54 bits per heavy atom. The van der Waals surface area contributed by atoms with Crippen LogP contribution in [-0.2, 0) is 4.74 Å². The Hall–Kier alpha value is -4.24. The van der Waals surface area contributed by atoms with E-state index in [1.807, 2.05) is 54.3 Å². The van der Waals surface area contributed by atoms with Crippen molar-refractivity contribution in [3.63, 3.8) is 0 Å². The van der Waals surface area contributed by atoms with Gasteiger partial charge in [-0.15, -0.1) is 0 Å². The third-order valence-corrected chi connectivity index (χ3v) is 6.31. The van der Waals surface area contributed by atoms with Gasteiger partial charge in [-0.3, -0.25) is 14.9 Å². The summed E-state index contributed by atoms with van der Waals surface area (Å²) in [7, 11) is 1.32. The average molecular weight is 517 g/mol. The molecule has 0 atom stereocenters. The summed E-state index contributed by atoms with van der Waals surface area (Å²) in [5.41, 5.74) is 3.82. The number of esters is 1. The zero-order valence-electron chi connectivity index (χ0n) is 20.7. The second kappa shape index (κ2) is 11.7. The molecule has 3 aromatic rings. The maximum Gasteiger partial charge on any atom is 0.337 e. The number of nitrogens with one attached hydrogen (secondary N) is 2. The number of piperazine rings is 1. The summed E-state index contributed by atoms with van der Waals surface area (Å²) in [6.07, 6.45) is 0. The molecule has 1 aliphatic heterocycles. The van der Waals surface area contributed by atoms with E-state index in [1.54, 1.807) is 30.3 Å². The lowest BCUT2D eigenvalue weighted by atomic mass is 10.1. The minimum Gasteiger partial charge on any atom is -0.465 e. The third-order valence-electron chi connectivity index (χ3n) is 6.10. The van der Waals surface area contributed by atoms with Crippen molar-refractivity contribution in [1.29, 1.82) is 0 Å². The molecule has 1 heterocycles. The van der Waals surface area contributed by atoms with Crippen molar-refractivity contribution >= 4 is 46.5 Å². The average Bonchev–Trinajstić information content (AvgIpc) is 2.92. The van der Waals surface area contributed by atoms with Gasteiger partial charge in [0.25, 0.3) is 11.8 Å². The number of amides is 2. The van der Waals surface area contributed by atoms with Crippen LogP contribution in [0.25, 0.3) is 0 Å². The molecule has 0 bridgehead atoms. The van der Waals surface area contributed by atoms with Crippen molar-refractivity contribution in [3.05, 3.63) is 95.1 Å². The van der Waals surface area contributed by atoms with E-state index in [1.165, 1.54) is 7.11 Å². The zero-order chi connectivity index (χ0) is 26.4. The number of hydrogen-bond acceptors (Lipinski definition) is 6. The SMILES string of the molecule is COC(=O)c1ccc(N2CCN(C(=O)c3ccccc3)CC2)c(NC(=S)NC(=O)c2cccc(C)c2)c1. The number of aryl methyl sites for hydroxylation is 1. The lowest BCUT2D eigenvalue weighted by Crippen LogP contribution is -2.49. The standard InChI is InChI=1S/C28H28N4O4S/c1-19-7-6-10-21(17-19)25(33)30-28(37)29-23-18-22(27(35)36-2)11-12-24(23)31-13-15-32(16-14-31)26(34)20-8-4-3-5-9-20/h3-12,17-18H,13-16H2,1-2H3,(H2,29,30,33,37). The quantitative estimate of drug-likeness (QED) is 0.393. The molecule has 1 aliphatic rings. The predicted molar refractivity (Wildman–Crippen MR) is 147 cm³/mol. The fraction of sp³-hybridized carbons (Fsp3) is 0.214. The number of nitrogens with zero attached hydrogens (tertiary/aromatic N) is 2. The molecule has 0 radical (unpaired) electrons. The van der Waals surface area contributed by atoms with Crippen LogP contribution < -0.4 is 15.5 Å². The summed E-state index contributed by atoms with van der Waals surface area (Å²) in [4.78, 5) is 41.6. The highest BCUT2D eigenvalue weighted by Gasteiger charge is 2.24. The summed E-state index contributed by atoms with van der Waals surface area (Å²) in [5, 5.41) is 5.87. The molecule has 2 amide bonds. The van der Waals surface area contributed by atoms with Crippen LogP contribution in [-0.4, -0.2) is 61.1 Å². The molecule has 0 saturated carbocycles. The van der Waals surface area contributed by atoms with Gasteiger partial charge in [0.1, 0.15) is 0 Å². The van der Waals surface area contributed by atoms with Crippen molar-refractivity contribution in [3.8, 4) is 0 Å². The second-order valence-corrected chi connectivity index (χ2v) is 9.05. The first-order chi connectivity index (χ1) is 17.9. The van der Waals surface area contributed by atoms with E-state index in [4.69, 9.17) is 17.0 Å². The minimum absolute atomic E-state index is 0.000300. The number of ether oxygens (including phenoxy) is 1. The van der Waals surface area contributed by atoms with Crippen LogP contribution in [0.15, 0.2) is 72.8 Å². The molecule has 0 aliphatic carbocycles. The predicted octanol–water partition coefficient (Wildman–Crippen LogP) is 3.87. The van der Waals surface area contributed by atoms with Crippen LogP contribution in [0.3, 0.4) is 0 Å². The van der Waals surface area contributed by atoms with Gasteiger partial charge in [0.15, 0.2) is 5.11 Å². The van der Waals surface area contributed by atoms with Gasteiger partial charge in [-0.05, 0) is 61.6 Å². The number of methoxy groups -OCH3 is 1. The van der Waals surface area contributed by atoms with Crippen molar-refractivity contribution in [1.82, 2.24) is 10.2 Å².